The topological polar surface area (TPSA) is 78.1 Å². The number of ether oxygens (including phenoxy) is 1. The summed E-state index contributed by atoms with van der Waals surface area (Å²) in [4.78, 5) is 16.6. The Bertz CT molecular complexity index is 439. The molecule has 94 valence electrons. The van der Waals surface area contributed by atoms with Gasteiger partial charge in [-0.3, -0.25) is 4.79 Å². The zero-order valence-electron chi connectivity index (χ0n) is 8.45. The first-order chi connectivity index (χ1) is 7.77. The van der Waals surface area contributed by atoms with E-state index in [4.69, 9.17) is 17.3 Å². The first-order valence-corrected chi connectivity index (χ1v) is 4.64. The van der Waals surface area contributed by atoms with E-state index in [0.717, 1.165) is 0 Å². The molecule has 1 rings (SSSR count). The fourth-order valence-corrected chi connectivity index (χ4v) is 1.31. The summed E-state index contributed by atoms with van der Waals surface area (Å²) in [5, 5.41) is -0.844. The summed E-state index contributed by atoms with van der Waals surface area (Å²) in [7, 11) is 0. The fraction of sp³-hybridized carbons (Fsp3) is 0.375. The molecule has 5 nitrogen and oxygen atoms in total. The van der Waals surface area contributed by atoms with Gasteiger partial charge in [0.2, 0.25) is 0 Å². The molecule has 0 amide bonds. The Labute approximate surface area is 98.7 Å². The number of hydrogen-bond acceptors (Lipinski definition) is 5. The van der Waals surface area contributed by atoms with Gasteiger partial charge >= 0.3 is 6.18 Å². The Kier molecular flexibility index (Phi) is 3.76. The van der Waals surface area contributed by atoms with E-state index in [1.165, 1.54) is 6.92 Å². The second-order valence-corrected chi connectivity index (χ2v) is 3.36. The Morgan fingerprint density at radius 1 is 1.47 bits per heavy atom. The standard InChI is InChI=1S/C8H7ClF3N3O2/c1-3(17-2-16)4-7(13)15-5(6(9)14-4)8(10,11)12/h2-3H,1H3,(H2,13,15). The lowest BCUT2D eigenvalue weighted by atomic mass is 10.2. The van der Waals surface area contributed by atoms with Crippen LogP contribution in [0, 0.1) is 0 Å². The number of nitrogens with zero attached hydrogens (tertiary/aromatic N) is 2. The van der Waals surface area contributed by atoms with Crippen molar-refractivity contribution < 1.29 is 22.7 Å². The Balaban J connectivity index is 3.23. The van der Waals surface area contributed by atoms with Crippen molar-refractivity contribution in [1.29, 1.82) is 0 Å². The molecule has 0 aliphatic heterocycles. The van der Waals surface area contributed by atoms with Crippen LogP contribution in [0.3, 0.4) is 0 Å². The molecule has 1 atom stereocenters. The number of carbonyl (C=O) groups excluding carboxylic acids is 1. The van der Waals surface area contributed by atoms with Gasteiger partial charge in [0.15, 0.2) is 10.8 Å². The molecule has 0 bridgehead atoms. The van der Waals surface area contributed by atoms with E-state index in [2.05, 4.69) is 14.7 Å². The van der Waals surface area contributed by atoms with Crippen molar-refractivity contribution >= 4 is 23.9 Å². The second kappa shape index (κ2) is 4.74. The van der Waals surface area contributed by atoms with Crippen molar-refractivity contribution in [3.05, 3.63) is 16.5 Å². The summed E-state index contributed by atoms with van der Waals surface area (Å²) in [6, 6.07) is 0. The minimum absolute atomic E-state index is 0.122. The van der Waals surface area contributed by atoms with Crippen LogP contribution in [-0.2, 0) is 15.7 Å². The van der Waals surface area contributed by atoms with E-state index in [1.54, 1.807) is 0 Å². The molecule has 2 N–H and O–H groups in total. The van der Waals surface area contributed by atoms with Crippen molar-refractivity contribution in [3.8, 4) is 0 Å². The molecule has 1 unspecified atom stereocenters. The molecular weight excluding hydrogens is 263 g/mol. The first kappa shape index (κ1) is 13.5. The van der Waals surface area contributed by atoms with Gasteiger partial charge in [0.25, 0.3) is 6.47 Å². The van der Waals surface area contributed by atoms with E-state index in [9.17, 15) is 18.0 Å². The summed E-state index contributed by atoms with van der Waals surface area (Å²) in [6.07, 6.45) is -5.68. The highest BCUT2D eigenvalue weighted by Crippen LogP contribution is 2.34. The largest absolute Gasteiger partial charge is 0.458 e. The lowest BCUT2D eigenvalue weighted by Crippen LogP contribution is -2.15. The van der Waals surface area contributed by atoms with Crippen molar-refractivity contribution in [3.63, 3.8) is 0 Å². The molecule has 9 heteroatoms. The van der Waals surface area contributed by atoms with E-state index in [0.29, 0.717) is 0 Å². The van der Waals surface area contributed by atoms with Gasteiger partial charge in [-0.15, -0.1) is 0 Å². The summed E-state index contributed by atoms with van der Waals surface area (Å²) in [5.41, 5.74) is 3.78. The van der Waals surface area contributed by atoms with Crippen LogP contribution in [0.25, 0.3) is 0 Å². The number of anilines is 1. The number of nitrogens with two attached hydrogens (primary N) is 1. The number of aromatic nitrogens is 2. The second-order valence-electron chi connectivity index (χ2n) is 3.01. The number of alkyl halides is 3. The molecule has 17 heavy (non-hydrogen) atoms. The van der Waals surface area contributed by atoms with Gasteiger partial charge in [-0.2, -0.15) is 13.2 Å². The van der Waals surface area contributed by atoms with Crippen LogP contribution in [0.5, 0.6) is 0 Å². The van der Waals surface area contributed by atoms with Crippen LogP contribution in [0.2, 0.25) is 5.15 Å². The van der Waals surface area contributed by atoms with E-state index in [-0.39, 0.29) is 12.2 Å². The summed E-state index contributed by atoms with van der Waals surface area (Å²) >= 11 is 5.34. The van der Waals surface area contributed by atoms with Gasteiger partial charge in [0.05, 0.1) is 0 Å². The quantitative estimate of drug-likeness (QED) is 0.849. The third-order valence-electron chi connectivity index (χ3n) is 1.82. The normalized spacial score (nSPS) is 13.2. The number of halogens is 4. The van der Waals surface area contributed by atoms with Gasteiger partial charge in [-0.05, 0) is 6.92 Å². The first-order valence-electron chi connectivity index (χ1n) is 4.26. The van der Waals surface area contributed by atoms with Gasteiger partial charge in [-0.1, -0.05) is 11.6 Å². The van der Waals surface area contributed by atoms with E-state index >= 15 is 0 Å². The number of hydrogen-bond donors (Lipinski definition) is 1. The summed E-state index contributed by atoms with van der Waals surface area (Å²) in [6.45, 7) is 1.50. The van der Waals surface area contributed by atoms with Crippen LogP contribution in [-0.4, -0.2) is 16.4 Å². The maximum Gasteiger partial charge on any atom is 0.436 e. The van der Waals surface area contributed by atoms with Crippen LogP contribution in [0.1, 0.15) is 24.4 Å². The minimum atomic E-state index is -4.74. The molecule has 0 saturated heterocycles. The van der Waals surface area contributed by atoms with E-state index < -0.39 is 28.9 Å². The van der Waals surface area contributed by atoms with Crippen molar-refractivity contribution in [2.45, 2.75) is 19.2 Å². The predicted molar refractivity (Wildman–Crippen MR) is 52.0 cm³/mol. The lowest BCUT2D eigenvalue weighted by molar-refractivity contribution is -0.141. The van der Waals surface area contributed by atoms with Gasteiger partial charge in [0, 0.05) is 0 Å². The number of nitrogen functional groups attached to an aromatic ring is 1. The molecule has 0 aliphatic rings. The molecule has 0 saturated carbocycles. The highest BCUT2D eigenvalue weighted by Gasteiger charge is 2.37. The SMILES string of the molecule is CC(OC=O)c1nc(Cl)c(C(F)(F)F)nc1N. The molecule has 0 radical (unpaired) electrons. The summed E-state index contributed by atoms with van der Waals surface area (Å²) in [5.74, 6) is -0.490. The monoisotopic (exact) mass is 269 g/mol. The molecule has 1 aromatic heterocycles. The van der Waals surface area contributed by atoms with Crippen molar-refractivity contribution in [1.82, 2.24) is 9.97 Å². The molecule has 0 spiro atoms. The number of rotatable bonds is 3. The van der Waals surface area contributed by atoms with Crippen LogP contribution in [0.4, 0.5) is 19.0 Å². The molecule has 0 aliphatic carbocycles. The Hall–Kier alpha value is -1.57. The Morgan fingerprint density at radius 2 is 2.06 bits per heavy atom. The number of carbonyl (C=O) groups is 1. The molecule has 1 heterocycles. The minimum Gasteiger partial charge on any atom is -0.458 e. The van der Waals surface area contributed by atoms with Gasteiger partial charge < -0.3 is 10.5 Å². The molecule has 0 aromatic carbocycles. The average Bonchev–Trinajstić information content (AvgIpc) is 2.19. The maximum absolute atomic E-state index is 12.4. The zero-order chi connectivity index (χ0) is 13.2. The molecule has 0 fully saturated rings. The van der Waals surface area contributed by atoms with Crippen LogP contribution < -0.4 is 5.73 Å². The third-order valence-corrected chi connectivity index (χ3v) is 2.09. The van der Waals surface area contributed by atoms with Gasteiger partial charge in [0.1, 0.15) is 17.6 Å². The highest BCUT2D eigenvalue weighted by atomic mass is 35.5. The molecule has 1 aromatic rings. The van der Waals surface area contributed by atoms with Crippen LogP contribution in [0.15, 0.2) is 0 Å². The highest BCUT2D eigenvalue weighted by molar-refractivity contribution is 6.30. The van der Waals surface area contributed by atoms with Crippen molar-refractivity contribution in [2.75, 3.05) is 5.73 Å². The molecular formula is C8H7ClF3N3O2. The van der Waals surface area contributed by atoms with Crippen molar-refractivity contribution in [2.24, 2.45) is 0 Å². The van der Waals surface area contributed by atoms with Gasteiger partial charge in [-0.25, -0.2) is 9.97 Å². The fourth-order valence-electron chi connectivity index (χ4n) is 1.07. The zero-order valence-corrected chi connectivity index (χ0v) is 9.21. The smallest absolute Gasteiger partial charge is 0.436 e. The third kappa shape index (κ3) is 2.96. The Morgan fingerprint density at radius 3 is 2.53 bits per heavy atom. The lowest BCUT2D eigenvalue weighted by Gasteiger charge is -2.14. The average molecular weight is 270 g/mol. The summed E-state index contributed by atoms with van der Waals surface area (Å²) < 4.78 is 41.6. The predicted octanol–water partition coefficient (Wildman–Crippen LogP) is 1.96. The maximum atomic E-state index is 12.4. The van der Waals surface area contributed by atoms with E-state index in [1.807, 2.05) is 0 Å². The van der Waals surface area contributed by atoms with Crippen LogP contribution >= 0.6 is 11.6 Å².